The zero-order valence-electron chi connectivity index (χ0n) is 8.68. The summed E-state index contributed by atoms with van der Waals surface area (Å²) in [6.45, 7) is 4.05. The Morgan fingerprint density at radius 2 is 1.92 bits per heavy atom. The van der Waals surface area contributed by atoms with Crippen LogP contribution >= 0.6 is 11.8 Å². The highest BCUT2D eigenvalue weighted by molar-refractivity contribution is 7.99. The van der Waals surface area contributed by atoms with Gasteiger partial charge in [-0.15, -0.1) is 0 Å². The van der Waals surface area contributed by atoms with Crippen molar-refractivity contribution >= 4 is 11.8 Å². The van der Waals surface area contributed by atoms with E-state index in [0.717, 1.165) is 24.3 Å². The van der Waals surface area contributed by atoms with E-state index in [1.54, 1.807) is 11.8 Å². The molecule has 1 rings (SSSR count). The molecule has 1 saturated carbocycles. The Labute approximate surface area is 85.3 Å². The van der Waals surface area contributed by atoms with Crippen molar-refractivity contribution in [1.29, 1.82) is 0 Å². The number of aliphatic hydroxyl groups is 1. The zero-order valence-corrected chi connectivity index (χ0v) is 9.49. The van der Waals surface area contributed by atoms with Crippen LogP contribution < -0.4 is 5.73 Å². The minimum atomic E-state index is -0.379. The fourth-order valence-corrected chi connectivity index (χ4v) is 2.98. The first-order valence-electron chi connectivity index (χ1n) is 5.00. The van der Waals surface area contributed by atoms with Crippen LogP contribution in [0.4, 0.5) is 0 Å². The number of hydrogen-bond donors (Lipinski definition) is 2. The van der Waals surface area contributed by atoms with Crippen LogP contribution in [-0.4, -0.2) is 27.8 Å². The molecule has 0 aromatic heterocycles. The Hall–Kier alpha value is 0.270. The summed E-state index contributed by atoms with van der Waals surface area (Å²) in [5.74, 6) is 1.78. The first-order valence-corrected chi connectivity index (χ1v) is 6.16. The molecule has 1 fully saturated rings. The predicted molar refractivity (Wildman–Crippen MR) is 59.0 cm³/mol. The van der Waals surface area contributed by atoms with E-state index in [9.17, 15) is 5.11 Å². The summed E-state index contributed by atoms with van der Waals surface area (Å²) < 4.78 is 0. The number of thioether (sulfide) groups is 1. The van der Waals surface area contributed by atoms with Crippen molar-refractivity contribution in [3.8, 4) is 0 Å². The molecule has 0 aromatic carbocycles. The van der Waals surface area contributed by atoms with Crippen LogP contribution in [0.3, 0.4) is 0 Å². The van der Waals surface area contributed by atoms with Gasteiger partial charge in [-0.3, -0.25) is 0 Å². The van der Waals surface area contributed by atoms with Crippen LogP contribution in [0.1, 0.15) is 39.5 Å². The SMILES string of the molecule is CC(C)(N)CSCC1(O)CCCC1. The van der Waals surface area contributed by atoms with Crippen LogP contribution in [0.2, 0.25) is 0 Å². The van der Waals surface area contributed by atoms with E-state index in [2.05, 4.69) is 0 Å². The quantitative estimate of drug-likeness (QED) is 0.732. The maximum atomic E-state index is 10.0. The van der Waals surface area contributed by atoms with Crippen molar-refractivity contribution < 1.29 is 5.11 Å². The van der Waals surface area contributed by atoms with Gasteiger partial charge in [-0.05, 0) is 26.7 Å². The number of rotatable bonds is 4. The number of nitrogens with two attached hydrogens (primary N) is 1. The second kappa shape index (κ2) is 4.20. The molecule has 0 atom stereocenters. The summed E-state index contributed by atoms with van der Waals surface area (Å²) in [4.78, 5) is 0. The fraction of sp³-hybridized carbons (Fsp3) is 1.00. The second-order valence-corrected chi connectivity index (χ2v) is 5.90. The lowest BCUT2D eigenvalue weighted by molar-refractivity contribution is 0.0732. The molecular formula is C10H21NOS. The Kier molecular flexibility index (Phi) is 3.66. The summed E-state index contributed by atoms with van der Waals surface area (Å²) in [7, 11) is 0. The van der Waals surface area contributed by atoms with Gasteiger partial charge in [0.15, 0.2) is 0 Å². The van der Waals surface area contributed by atoms with Crippen LogP contribution in [-0.2, 0) is 0 Å². The predicted octanol–water partition coefficient (Wildman–Crippen LogP) is 1.76. The zero-order chi connectivity index (χ0) is 9.95. The first-order chi connectivity index (χ1) is 5.91. The molecule has 0 heterocycles. The highest BCUT2D eigenvalue weighted by Gasteiger charge is 2.31. The average molecular weight is 203 g/mol. The molecule has 1 aliphatic carbocycles. The van der Waals surface area contributed by atoms with Crippen molar-refractivity contribution in [2.24, 2.45) is 5.73 Å². The van der Waals surface area contributed by atoms with Gasteiger partial charge in [0.1, 0.15) is 0 Å². The van der Waals surface area contributed by atoms with E-state index >= 15 is 0 Å². The standard InChI is InChI=1S/C10H21NOS/c1-9(2,11)7-13-8-10(12)5-3-4-6-10/h12H,3-8,11H2,1-2H3. The first kappa shape index (κ1) is 11.3. The van der Waals surface area contributed by atoms with Gasteiger partial charge in [0.2, 0.25) is 0 Å². The smallest absolute Gasteiger partial charge is 0.0737 e. The van der Waals surface area contributed by atoms with Gasteiger partial charge in [-0.1, -0.05) is 12.8 Å². The molecule has 0 amide bonds. The average Bonchev–Trinajstić information content (AvgIpc) is 2.33. The molecule has 2 nitrogen and oxygen atoms in total. The Morgan fingerprint density at radius 3 is 2.38 bits per heavy atom. The molecule has 0 radical (unpaired) electrons. The topological polar surface area (TPSA) is 46.2 Å². The van der Waals surface area contributed by atoms with Crippen molar-refractivity contribution in [1.82, 2.24) is 0 Å². The van der Waals surface area contributed by atoms with Gasteiger partial charge >= 0.3 is 0 Å². The lowest BCUT2D eigenvalue weighted by atomic mass is 10.1. The minimum absolute atomic E-state index is 0.111. The summed E-state index contributed by atoms with van der Waals surface area (Å²) in [6.07, 6.45) is 4.32. The Bertz CT molecular complexity index is 159. The van der Waals surface area contributed by atoms with Gasteiger partial charge in [0, 0.05) is 17.0 Å². The van der Waals surface area contributed by atoms with Crippen molar-refractivity contribution in [2.45, 2.75) is 50.7 Å². The fourth-order valence-electron chi connectivity index (χ4n) is 1.68. The van der Waals surface area contributed by atoms with E-state index < -0.39 is 0 Å². The molecule has 0 spiro atoms. The Balaban J connectivity index is 2.18. The third kappa shape index (κ3) is 4.34. The van der Waals surface area contributed by atoms with Crippen LogP contribution in [0, 0.1) is 0 Å². The molecule has 78 valence electrons. The maximum absolute atomic E-state index is 10.0. The lowest BCUT2D eigenvalue weighted by Gasteiger charge is -2.24. The van der Waals surface area contributed by atoms with E-state index in [1.807, 2.05) is 13.8 Å². The Morgan fingerprint density at radius 1 is 1.38 bits per heavy atom. The summed E-state index contributed by atoms with van der Waals surface area (Å²) >= 11 is 1.78. The summed E-state index contributed by atoms with van der Waals surface area (Å²) in [5.41, 5.74) is 5.37. The third-order valence-corrected chi connectivity index (χ3v) is 4.07. The van der Waals surface area contributed by atoms with Crippen LogP contribution in [0.15, 0.2) is 0 Å². The minimum Gasteiger partial charge on any atom is -0.389 e. The molecule has 1 aliphatic rings. The van der Waals surface area contributed by atoms with E-state index in [0.29, 0.717) is 0 Å². The molecule has 0 aromatic rings. The van der Waals surface area contributed by atoms with Crippen molar-refractivity contribution in [3.05, 3.63) is 0 Å². The summed E-state index contributed by atoms with van der Waals surface area (Å²) in [6, 6.07) is 0. The molecule has 0 unspecified atom stereocenters. The largest absolute Gasteiger partial charge is 0.389 e. The highest BCUT2D eigenvalue weighted by Crippen LogP contribution is 2.32. The van der Waals surface area contributed by atoms with Crippen LogP contribution in [0.5, 0.6) is 0 Å². The van der Waals surface area contributed by atoms with Gasteiger partial charge < -0.3 is 10.8 Å². The normalized spacial score (nSPS) is 22.2. The third-order valence-electron chi connectivity index (χ3n) is 2.38. The van der Waals surface area contributed by atoms with E-state index in [1.165, 1.54) is 12.8 Å². The van der Waals surface area contributed by atoms with Crippen molar-refractivity contribution in [2.75, 3.05) is 11.5 Å². The lowest BCUT2D eigenvalue weighted by Crippen LogP contribution is -2.36. The molecule has 0 aliphatic heterocycles. The van der Waals surface area contributed by atoms with Gasteiger partial charge in [0.25, 0.3) is 0 Å². The number of hydrogen-bond acceptors (Lipinski definition) is 3. The monoisotopic (exact) mass is 203 g/mol. The molecule has 0 bridgehead atoms. The van der Waals surface area contributed by atoms with E-state index in [-0.39, 0.29) is 11.1 Å². The van der Waals surface area contributed by atoms with Crippen LogP contribution in [0.25, 0.3) is 0 Å². The second-order valence-electron chi connectivity index (χ2n) is 4.91. The van der Waals surface area contributed by atoms with Gasteiger partial charge in [-0.2, -0.15) is 11.8 Å². The molecular weight excluding hydrogens is 182 g/mol. The highest BCUT2D eigenvalue weighted by atomic mass is 32.2. The molecule has 0 saturated heterocycles. The van der Waals surface area contributed by atoms with Gasteiger partial charge in [-0.25, -0.2) is 0 Å². The van der Waals surface area contributed by atoms with Crippen molar-refractivity contribution in [3.63, 3.8) is 0 Å². The van der Waals surface area contributed by atoms with Gasteiger partial charge in [0.05, 0.1) is 5.60 Å². The maximum Gasteiger partial charge on any atom is 0.0737 e. The summed E-state index contributed by atoms with van der Waals surface area (Å²) in [5, 5.41) is 10.0. The molecule has 3 heteroatoms. The van der Waals surface area contributed by atoms with E-state index in [4.69, 9.17) is 5.73 Å². The molecule has 13 heavy (non-hydrogen) atoms. The molecule has 3 N–H and O–H groups in total.